The monoisotopic (exact) mass is 606 g/mol. The van der Waals surface area contributed by atoms with Crippen molar-refractivity contribution in [2.24, 2.45) is 5.73 Å². The van der Waals surface area contributed by atoms with Gasteiger partial charge in [-0.15, -0.1) is 0 Å². The van der Waals surface area contributed by atoms with E-state index in [4.69, 9.17) is 43.4 Å². The first-order valence-corrected chi connectivity index (χ1v) is 13.6. The van der Waals surface area contributed by atoms with Crippen LogP contribution in [-0.4, -0.2) is 46.5 Å². The summed E-state index contributed by atoms with van der Waals surface area (Å²) in [4.78, 5) is 51.1. The first-order valence-electron chi connectivity index (χ1n) is 12.8. The molecule has 1 spiro atoms. The molecule has 0 saturated carbocycles. The molecule has 3 amide bonds. The maximum absolute atomic E-state index is 14.4. The average molecular weight is 607 g/mol. The van der Waals surface area contributed by atoms with E-state index in [0.717, 1.165) is 0 Å². The lowest BCUT2D eigenvalue weighted by Crippen LogP contribution is -2.51. The van der Waals surface area contributed by atoms with Crippen molar-refractivity contribution in [3.63, 3.8) is 0 Å². The van der Waals surface area contributed by atoms with Crippen LogP contribution < -0.4 is 25.4 Å². The number of aromatic nitrogens is 3. The predicted molar refractivity (Wildman–Crippen MR) is 157 cm³/mol. The van der Waals surface area contributed by atoms with Gasteiger partial charge in [0.2, 0.25) is 11.8 Å². The van der Waals surface area contributed by atoms with Gasteiger partial charge in [-0.25, -0.2) is 9.97 Å². The molecule has 2 aliphatic heterocycles. The molecule has 0 fully saturated rings. The lowest BCUT2D eigenvalue weighted by atomic mass is 9.87. The number of hydrogen-bond donors (Lipinski definition) is 2. The topological polar surface area (TPSA) is 142 Å². The van der Waals surface area contributed by atoms with Crippen LogP contribution in [-0.2, 0) is 10.3 Å². The van der Waals surface area contributed by atoms with E-state index in [9.17, 15) is 14.4 Å². The number of halogens is 2. The summed E-state index contributed by atoms with van der Waals surface area (Å²) in [7, 11) is 3.00. The number of carbonyl (C=O) groups excluding carboxylic acids is 3. The molecule has 42 heavy (non-hydrogen) atoms. The van der Waals surface area contributed by atoms with Crippen LogP contribution in [0.5, 0.6) is 11.6 Å². The highest BCUT2D eigenvalue weighted by Crippen LogP contribution is 2.55. The number of nitrogens with zero attached hydrogens (tertiary/aromatic N) is 4. The molecule has 0 radical (unpaired) electrons. The first kappa shape index (κ1) is 27.6. The number of primary amides is 1. The lowest BCUT2D eigenvalue weighted by molar-refractivity contribution is -0.119. The predicted octanol–water partition coefficient (Wildman–Crippen LogP) is 4.81. The molecule has 13 heteroatoms. The number of benzene rings is 2. The van der Waals surface area contributed by atoms with Gasteiger partial charge >= 0.3 is 0 Å². The number of methoxy groups -OCH3 is 2. The molecule has 0 bridgehead atoms. The van der Waals surface area contributed by atoms with Crippen LogP contribution in [0.25, 0.3) is 11.4 Å². The molecule has 3 N–H and O–H groups in total. The molecule has 6 rings (SSSR count). The van der Waals surface area contributed by atoms with Gasteiger partial charge < -0.3 is 25.1 Å². The van der Waals surface area contributed by atoms with Gasteiger partial charge in [0.15, 0.2) is 11.2 Å². The van der Waals surface area contributed by atoms with Crippen LogP contribution >= 0.6 is 23.2 Å². The molecule has 2 aromatic heterocycles. The van der Waals surface area contributed by atoms with Gasteiger partial charge in [0.05, 0.1) is 36.1 Å². The normalized spacial score (nSPS) is 17.1. The molecule has 214 valence electrons. The van der Waals surface area contributed by atoms with Gasteiger partial charge in [-0.05, 0) is 44.2 Å². The number of fused-ring (bicyclic) bond motifs is 4. The molecule has 11 nitrogen and oxygen atoms in total. The highest BCUT2D eigenvalue weighted by Gasteiger charge is 2.64. The number of rotatable bonds is 6. The number of imidazole rings is 1. The van der Waals surface area contributed by atoms with E-state index >= 15 is 0 Å². The van der Waals surface area contributed by atoms with E-state index in [2.05, 4.69) is 10.3 Å². The second-order valence-electron chi connectivity index (χ2n) is 10.0. The van der Waals surface area contributed by atoms with Crippen molar-refractivity contribution in [1.82, 2.24) is 14.5 Å². The number of nitrogens with one attached hydrogen (secondary N) is 1. The second kappa shape index (κ2) is 9.74. The van der Waals surface area contributed by atoms with E-state index in [0.29, 0.717) is 45.0 Å². The summed E-state index contributed by atoms with van der Waals surface area (Å²) in [5, 5.41) is 3.35. The highest BCUT2D eigenvalue weighted by atomic mass is 35.5. The van der Waals surface area contributed by atoms with Crippen molar-refractivity contribution in [3.05, 3.63) is 81.2 Å². The molecular formula is C29H24Cl2N6O5. The zero-order valence-corrected chi connectivity index (χ0v) is 24.4. The Morgan fingerprint density at radius 3 is 2.48 bits per heavy atom. The summed E-state index contributed by atoms with van der Waals surface area (Å²) >= 11 is 12.7. The second-order valence-corrected chi connectivity index (χ2v) is 10.9. The number of hydrogen-bond acceptors (Lipinski definition) is 7. The van der Waals surface area contributed by atoms with Crippen LogP contribution in [0.15, 0.2) is 48.7 Å². The summed E-state index contributed by atoms with van der Waals surface area (Å²) in [5.41, 5.74) is 5.95. The molecule has 0 aliphatic carbocycles. The van der Waals surface area contributed by atoms with Gasteiger partial charge in [-0.3, -0.25) is 19.3 Å². The largest absolute Gasteiger partial charge is 0.496 e. The van der Waals surface area contributed by atoms with Gasteiger partial charge in [-0.1, -0.05) is 29.3 Å². The lowest BCUT2D eigenvalue weighted by Gasteiger charge is -2.36. The molecule has 0 saturated heterocycles. The summed E-state index contributed by atoms with van der Waals surface area (Å²) in [6.07, 6.45) is 1.55. The minimum absolute atomic E-state index is 0.0312. The Hall–Kier alpha value is -4.61. The maximum atomic E-state index is 14.4. The van der Waals surface area contributed by atoms with E-state index in [1.807, 2.05) is 18.4 Å². The minimum atomic E-state index is -1.70. The van der Waals surface area contributed by atoms with E-state index in [1.165, 1.54) is 37.3 Å². The molecule has 1 unspecified atom stereocenters. The summed E-state index contributed by atoms with van der Waals surface area (Å²) < 4.78 is 12.7. The van der Waals surface area contributed by atoms with E-state index in [1.54, 1.807) is 30.5 Å². The average Bonchev–Trinajstić information content (AvgIpc) is 3.56. The SMILES string of the molecule is COc1cc(OC)c(-c2nc3c(n2C(C)C)C2(C(=O)Nc4cc(Cl)ccc42)N(c2ccc(C(N)=O)c(Cl)c2)C3=O)cn1. The molecule has 4 aromatic rings. The van der Waals surface area contributed by atoms with Crippen molar-refractivity contribution < 1.29 is 23.9 Å². The van der Waals surface area contributed by atoms with Crippen LogP contribution in [0.1, 0.15) is 52.0 Å². The fourth-order valence-corrected chi connectivity index (χ4v) is 6.17. The van der Waals surface area contributed by atoms with Crippen molar-refractivity contribution in [2.75, 3.05) is 24.4 Å². The van der Waals surface area contributed by atoms with Gasteiger partial charge in [0.1, 0.15) is 11.6 Å². The van der Waals surface area contributed by atoms with Crippen LogP contribution in [0.4, 0.5) is 11.4 Å². The highest BCUT2D eigenvalue weighted by molar-refractivity contribution is 6.34. The zero-order valence-electron chi connectivity index (χ0n) is 22.9. The molecule has 2 aliphatic rings. The smallest absolute Gasteiger partial charge is 0.280 e. The molecule has 1 atom stereocenters. The zero-order chi connectivity index (χ0) is 30.1. The summed E-state index contributed by atoms with van der Waals surface area (Å²) in [6.45, 7) is 3.84. The van der Waals surface area contributed by atoms with Crippen molar-refractivity contribution >= 4 is 52.3 Å². The summed E-state index contributed by atoms with van der Waals surface area (Å²) in [5.74, 6) is -0.631. The fourth-order valence-electron chi connectivity index (χ4n) is 5.73. The summed E-state index contributed by atoms with van der Waals surface area (Å²) in [6, 6.07) is 10.7. The van der Waals surface area contributed by atoms with Crippen molar-refractivity contribution in [2.45, 2.75) is 25.4 Å². The van der Waals surface area contributed by atoms with Crippen LogP contribution in [0.2, 0.25) is 10.0 Å². The van der Waals surface area contributed by atoms with Gasteiger partial charge in [0.25, 0.3) is 11.8 Å². The van der Waals surface area contributed by atoms with E-state index < -0.39 is 23.3 Å². The Labute approximate surface area is 250 Å². The first-order chi connectivity index (χ1) is 20.0. The van der Waals surface area contributed by atoms with E-state index in [-0.39, 0.29) is 28.0 Å². The molecule has 2 aromatic carbocycles. The fraction of sp³-hybridized carbons (Fsp3) is 0.207. The maximum Gasteiger partial charge on any atom is 0.280 e. The molecule has 4 heterocycles. The molecular weight excluding hydrogens is 583 g/mol. The Morgan fingerprint density at radius 1 is 1.07 bits per heavy atom. The third kappa shape index (κ3) is 3.70. The van der Waals surface area contributed by atoms with Gasteiger partial charge in [0, 0.05) is 40.3 Å². The van der Waals surface area contributed by atoms with Crippen LogP contribution in [0, 0.1) is 0 Å². The Morgan fingerprint density at radius 2 is 1.83 bits per heavy atom. The number of anilines is 2. The third-order valence-corrected chi connectivity index (χ3v) is 7.99. The number of pyridine rings is 1. The number of amides is 3. The standard InChI is InChI=1S/C29H24Cl2N6O5/c1-13(2)36-24-23(35-26(36)17-12-33-22(42-4)11-21(17)41-3)27(39)37(15-6-7-16(25(32)38)19(31)10-15)29(24)18-8-5-14(30)9-20(18)34-28(29)40/h5-13H,1-4H3,(H2,32,38)(H,34,40). The third-order valence-electron chi connectivity index (χ3n) is 7.45. The number of nitrogens with two attached hydrogens (primary N) is 1. The Bertz CT molecular complexity index is 1840. The Balaban J connectivity index is 1.69. The van der Waals surface area contributed by atoms with Crippen LogP contribution in [0.3, 0.4) is 0 Å². The minimum Gasteiger partial charge on any atom is -0.496 e. The van der Waals surface area contributed by atoms with Crippen molar-refractivity contribution in [1.29, 1.82) is 0 Å². The number of carbonyl (C=O) groups is 3. The Kier molecular flexibility index (Phi) is 6.39. The number of ether oxygens (including phenoxy) is 2. The van der Waals surface area contributed by atoms with Gasteiger partial charge in [-0.2, -0.15) is 0 Å². The van der Waals surface area contributed by atoms with Crippen molar-refractivity contribution in [3.8, 4) is 23.0 Å². The quantitative estimate of drug-likeness (QED) is 0.321.